The van der Waals surface area contributed by atoms with Gasteiger partial charge in [0.2, 0.25) is 0 Å². The molecule has 0 aromatic heterocycles. The second kappa shape index (κ2) is 6.34. The van der Waals surface area contributed by atoms with Crippen LogP contribution in [0.1, 0.15) is 12.8 Å². The molecule has 1 heterocycles. The lowest BCUT2D eigenvalue weighted by molar-refractivity contribution is -0.153. The number of esters is 1. The molecule has 1 aliphatic rings. The summed E-state index contributed by atoms with van der Waals surface area (Å²) in [5.74, 6) is -0.505. The quantitative estimate of drug-likeness (QED) is 0.686. The number of hydrogen-bond acceptors (Lipinski definition) is 4. The number of hydrogen-bond donors (Lipinski definition) is 2. The zero-order chi connectivity index (χ0) is 8.97. The summed E-state index contributed by atoms with van der Waals surface area (Å²) < 4.78 is 4.45. The molecule has 2 unspecified atom stereocenters. The molecule has 1 aliphatic heterocycles. The van der Waals surface area contributed by atoms with Crippen LogP contribution in [0.3, 0.4) is 0 Å². The highest BCUT2D eigenvalue weighted by Gasteiger charge is 2.27. The van der Waals surface area contributed by atoms with E-state index in [1.54, 1.807) is 0 Å². The third-order valence-corrected chi connectivity index (χ3v) is 2.22. The lowest BCUT2D eigenvalue weighted by Crippen LogP contribution is -2.40. The number of rotatable bonds is 2. The van der Waals surface area contributed by atoms with Crippen LogP contribution >= 0.6 is 17.0 Å². The van der Waals surface area contributed by atoms with Gasteiger partial charge in [0.15, 0.2) is 6.10 Å². The topological polar surface area (TPSA) is 58.6 Å². The molecule has 0 aromatic carbocycles. The molecule has 5 heteroatoms. The fourth-order valence-electron chi connectivity index (χ4n) is 1.46. The van der Waals surface area contributed by atoms with Crippen molar-refractivity contribution in [3.05, 3.63) is 0 Å². The van der Waals surface area contributed by atoms with E-state index in [1.165, 1.54) is 7.11 Å². The molecule has 0 spiro atoms. The normalized spacial score (nSPS) is 24.3. The predicted molar refractivity (Wildman–Crippen MR) is 53.9 cm³/mol. The number of carbonyl (C=O) groups is 1. The van der Waals surface area contributed by atoms with E-state index in [-0.39, 0.29) is 22.9 Å². The predicted octanol–water partition coefficient (Wildman–Crippen LogP) is 0.0978. The van der Waals surface area contributed by atoms with Crippen LogP contribution in [-0.2, 0) is 9.53 Å². The lowest BCUT2D eigenvalue weighted by Gasteiger charge is -2.25. The van der Waals surface area contributed by atoms with Crippen molar-refractivity contribution in [3.8, 4) is 0 Å². The Bertz CT molecular complexity index is 159. The summed E-state index contributed by atoms with van der Waals surface area (Å²) in [6.07, 6.45) is 0.949. The maximum atomic E-state index is 10.9. The van der Waals surface area contributed by atoms with E-state index in [9.17, 15) is 9.90 Å². The van der Waals surface area contributed by atoms with Crippen LogP contribution in [0.4, 0.5) is 0 Å². The summed E-state index contributed by atoms with van der Waals surface area (Å²) in [6.45, 7) is 1.68. The third-order valence-electron chi connectivity index (χ3n) is 2.22. The van der Waals surface area contributed by atoms with Crippen molar-refractivity contribution < 1.29 is 14.6 Å². The van der Waals surface area contributed by atoms with Gasteiger partial charge in [-0.3, -0.25) is 0 Å². The molecule has 13 heavy (non-hydrogen) atoms. The molecule has 1 rings (SSSR count). The van der Waals surface area contributed by atoms with Crippen LogP contribution in [-0.4, -0.2) is 37.4 Å². The SMILES string of the molecule is Br.COC(=O)C(O)C1CCCNC1. The zero-order valence-electron chi connectivity index (χ0n) is 7.66. The van der Waals surface area contributed by atoms with Crippen LogP contribution in [0.2, 0.25) is 0 Å². The van der Waals surface area contributed by atoms with Gasteiger partial charge >= 0.3 is 5.97 Å². The van der Waals surface area contributed by atoms with Crippen molar-refractivity contribution in [2.45, 2.75) is 18.9 Å². The molecular weight excluding hydrogens is 238 g/mol. The van der Waals surface area contributed by atoms with Crippen LogP contribution in [0.15, 0.2) is 0 Å². The largest absolute Gasteiger partial charge is 0.467 e. The van der Waals surface area contributed by atoms with Crippen LogP contribution in [0, 0.1) is 5.92 Å². The van der Waals surface area contributed by atoms with Crippen molar-refractivity contribution in [2.75, 3.05) is 20.2 Å². The fourth-order valence-corrected chi connectivity index (χ4v) is 1.46. The fraction of sp³-hybridized carbons (Fsp3) is 0.875. The van der Waals surface area contributed by atoms with Crippen molar-refractivity contribution in [2.24, 2.45) is 5.92 Å². The number of carbonyl (C=O) groups excluding carboxylic acids is 1. The molecule has 0 bridgehead atoms. The molecular formula is C8H16BrNO3. The average Bonchev–Trinajstić information content (AvgIpc) is 2.17. The summed E-state index contributed by atoms with van der Waals surface area (Å²) in [5, 5.41) is 12.6. The molecule has 2 N–H and O–H groups in total. The Balaban J connectivity index is 0.00000144. The number of halogens is 1. The molecule has 4 nitrogen and oxygen atoms in total. The molecule has 0 amide bonds. The second-order valence-corrected chi connectivity index (χ2v) is 3.07. The van der Waals surface area contributed by atoms with Gasteiger partial charge in [0.05, 0.1) is 7.11 Å². The third kappa shape index (κ3) is 3.62. The highest BCUT2D eigenvalue weighted by Crippen LogP contribution is 2.14. The number of methoxy groups -OCH3 is 1. The van der Waals surface area contributed by atoms with Crippen molar-refractivity contribution in [1.82, 2.24) is 5.32 Å². The zero-order valence-corrected chi connectivity index (χ0v) is 9.37. The summed E-state index contributed by atoms with van der Waals surface area (Å²) in [5.41, 5.74) is 0. The summed E-state index contributed by atoms with van der Waals surface area (Å²) in [4.78, 5) is 10.9. The van der Waals surface area contributed by atoms with Gasteiger partial charge in [-0.15, -0.1) is 17.0 Å². The van der Waals surface area contributed by atoms with Crippen LogP contribution < -0.4 is 5.32 Å². The minimum atomic E-state index is -0.956. The second-order valence-electron chi connectivity index (χ2n) is 3.07. The van der Waals surface area contributed by atoms with E-state index in [2.05, 4.69) is 10.1 Å². The Morgan fingerprint density at radius 3 is 2.85 bits per heavy atom. The van der Waals surface area contributed by atoms with Gasteiger partial charge in [0.1, 0.15) is 0 Å². The number of nitrogens with one attached hydrogen (secondary N) is 1. The number of aliphatic hydroxyl groups is 1. The van der Waals surface area contributed by atoms with E-state index < -0.39 is 12.1 Å². The maximum Gasteiger partial charge on any atom is 0.335 e. The first-order valence-corrected chi connectivity index (χ1v) is 4.22. The first kappa shape index (κ1) is 12.9. The monoisotopic (exact) mass is 253 g/mol. The first-order chi connectivity index (χ1) is 5.75. The summed E-state index contributed by atoms with van der Waals surface area (Å²) in [7, 11) is 1.29. The van der Waals surface area contributed by atoms with Gasteiger partial charge < -0.3 is 15.2 Å². The average molecular weight is 254 g/mol. The van der Waals surface area contributed by atoms with E-state index in [4.69, 9.17) is 0 Å². The molecule has 0 aromatic rings. The Hall–Kier alpha value is -0.130. The Labute approximate surface area is 88.4 Å². The van der Waals surface area contributed by atoms with Crippen molar-refractivity contribution in [3.63, 3.8) is 0 Å². The Morgan fingerprint density at radius 1 is 1.69 bits per heavy atom. The van der Waals surface area contributed by atoms with E-state index >= 15 is 0 Å². The van der Waals surface area contributed by atoms with E-state index in [0.29, 0.717) is 6.54 Å². The summed E-state index contributed by atoms with van der Waals surface area (Å²) >= 11 is 0. The van der Waals surface area contributed by atoms with Crippen LogP contribution in [0.25, 0.3) is 0 Å². The number of piperidine rings is 1. The van der Waals surface area contributed by atoms with E-state index in [1.807, 2.05) is 0 Å². The Morgan fingerprint density at radius 2 is 2.38 bits per heavy atom. The first-order valence-electron chi connectivity index (χ1n) is 4.22. The minimum Gasteiger partial charge on any atom is -0.467 e. The van der Waals surface area contributed by atoms with Gasteiger partial charge in [-0.2, -0.15) is 0 Å². The molecule has 1 saturated heterocycles. The molecule has 0 saturated carbocycles. The minimum absolute atomic E-state index is 0. The van der Waals surface area contributed by atoms with Crippen LogP contribution in [0.5, 0.6) is 0 Å². The summed E-state index contributed by atoms with van der Waals surface area (Å²) in [6, 6.07) is 0. The van der Waals surface area contributed by atoms with Gasteiger partial charge in [0, 0.05) is 12.5 Å². The van der Waals surface area contributed by atoms with Gasteiger partial charge in [-0.25, -0.2) is 4.79 Å². The lowest BCUT2D eigenvalue weighted by atomic mass is 9.94. The Kier molecular flexibility index (Phi) is 6.28. The molecule has 2 atom stereocenters. The van der Waals surface area contributed by atoms with E-state index in [0.717, 1.165) is 19.4 Å². The maximum absolute atomic E-state index is 10.9. The van der Waals surface area contributed by atoms with Crippen molar-refractivity contribution >= 4 is 23.0 Å². The van der Waals surface area contributed by atoms with Gasteiger partial charge in [-0.1, -0.05) is 0 Å². The highest BCUT2D eigenvalue weighted by atomic mass is 79.9. The van der Waals surface area contributed by atoms with Gasteiger partial charge in [0.25, 0.3) is 0 Å². The molecule has 78 valence electrons. The highest BCUT2D eigenvalue weighted by molar-refractivity contribution is 8.93. The number of ether oxygens (including phenoxy) is 1. The molecule has 1 fully saturated rings. The molecule has 0 radical (unpaired) electrons. The number of aliphatic hydroxyl groups excluding tert-OH is 1. The smallest absolute Gasteiger partial charge is 0.335 e. The molecule has 0 aliphatic carbocycles. The van der Waals surface area contributed by atoms with Gasteiger partial charge in [-0.05, 0) is 19.4 Å². The van der Waals surface area contributed by atoms with Crippen molar-refractivity contribution in [1.29, 1.82) is 0 Å². The standard InChI is InChI=1S/C8H15NO3.BrH/c1-12-8(11)7(10)6-3-2-4-9-5-6;/h6-7,9-10H,2-5H2,1H3;1H.